The Morgan fingerprint density at radius 3 is 2.38 bits per heavy atom. The molecule has 0 bridgehead atoms. The average molecular weight is 364 g/mol. The second-order valence-corrected chi connectivity index (χ2v) is 6.08. The van der Waals surface area contributed by atoms with Crippen molar-refractivity contribution in [3.05, 3.63) is 29.8 Å². The van der Waals surface area contributed by atoms with Gasteiger partial charge in [0.1, 0.15) is 11.8 Å². The van der Waals surface area contributed by atoms with Crippen LogP contribution in [0.5, 0.6) is 5.75 Å². The molecule has 1 aromatic rings. The molecule has 1 fully saturated rings. The summed E-state index contributed by atoms with van der Waals surface area (Å²) in [6, 6.07) is 4.52. The van der Waals surface area contributed by atoms with Gasteiger partial charge in [0.2, 0.25) is 0 Å². The summed E-state index contributed by atoms with van der Waals surface area (Å²) in [5.74, 6) is -1.83. The van der Waals surface area contributed by atoms with Gasteiger partial charge < -0.3 is 24.8 Å². The number of benzene rings is 1. The number of methoxy groups -OCH3 is 2. The van der Waals surface area contributed by atoms with Crippen LogP contribution in [0.4, 0.5) is 4.79 Å². The van der Waals surface area contributed by atoms with Crippen molar-refractivity contribution >= 4 is 18.0 Å². The van der Waals surface area contributed by atoms with Crippen molar-refractivity contribution in [1.29, 1.82) is 0 Å². The van der Waals surface area contributed by atoms with Gasteiger partial charge in [0.15, 0.2) is 0 Å². The third-order valence-electron chi connectivity index (χ3n) is 4.50. The molecule has 2 N–H and O–H groups in total. The number of likely N-dealkylation sites (tertiary alicyclic amines) is 1. The number of aliphatic carboxylic acids is 1. The number of carbonyl (C=O) groups excluding carboxylic acids is 2. The summed E-state index contributed by atoms with van der Waals surface area (Å²) in [6.45, 7) is 2.32. The predicted octanol–water partition coefficient (Wildman–Crippen LogP) is 1.80. The van der Waals surface area contributed by atoms with Crippen LogP contribution in [0.15, 0.2) is 24.3 Å². The van der Waals surface area contributed by atoms with Crippen LogP contribution in [0.1, 0.15) is 31.4 Å². The molecule has 1 aliphatic rings. The van der Waals surface area contributed by atoms with Gasteiger partial charge in [-0.25, -0.2) is 9.59 Å². The van der Waals surface area contributed by atoms with Crippen LogP contribution in [0.2, 0.25) is 0 Å². The molecule has 1 saturated heterocycles. The molecule has 1 aromatic carbocycles. The molecular formula is C18H24N2O6. The highest BCUT2D eigenvalue weighted by atomic mass is 16.5. The van der Waals surface area contributed by atoms with E-state index in [1.165, 1.54) is 19.1 Å². The predicted molar refractivity (Wildman–Crippen MR) is 92.8 cm³/mol. The number of carboxylic acids is 1. The van der Waals surface area contributed by atoms with Crippen molar-refractivity contribution in [3.63, 3.8) is 0 Å². The number of esters is 1. The molecule has 2 rings (SSSR count). The monoisotopic (exact) mass is 364 g/mol. The summed E-state index contributed by atoms with van der Waals surface area (Å²) < 4.78 is 9.99. The highest BCUT2D eigenvalue weighted by Crippen LogP contribution is 2.42. The normalized spacial score (nSPS) is 22.0. The third-order valence-corrected chi connectivity index (χ3v) is 4.50. The summed E-state index contributed by atoms with van der Waals surface area (Å²) in [6.07, 6.45) is 0.712. The Hall–Kier alpha value is -2.77. The van der Waals surface area contributed by atoms with Gasteiger partial charge in [0.25, 0.3) is 0 Å². The lowest BCUT2D eigenvalue weighted by atomic mass is 9.93. The maximum Gasteiger partial charge on any atom is 0.326 e. The zero-order valence-electron chi connectivity index (χ0n) is 15.1. The van der Waals surface area contributed by atoms with Gasteiger partial charge in [0.05, 0.1) is 26.2 Å². The van der Waals surface area contributed by atoms with E-state index in [2.05, 4.69) is 5.32 Å². The van der Waals surface area contributed by atoms with Gasteiger partial charge in [-0.2, -0.15) is 0 Å². The lowest BCUT2D eigenvalue weighted by Gasteiger charge is -2.30. The minimum Gasteiger partial charge on any atom is -0.497 e. The number of hydrogen-bond acceptors (Lipinski definition) is 5. The number of nitrogens with one attached hydrogen (secondary N) is 1. The Morgan fingerprint density at radius 1 is 1.23 bits per heavy atom. The Balaban J connectivity index is 2.46. The Kier molecular flexibility index (Phi) is 6.43. The van der Waals surface area contributed by atoms with E-state index in [-0.39, 0.29) is 6.42 Å². The molecule has 0 saturated carbocycles. The van der Waals surface area contributed by atoms with Crippen LogP contribution >= 0.6 is 0 Å². The van der Waals surface area contributed by atoms with E-state index >= 15 is 0 Å². The van der Waals surface area contributed by atoms with E-state index in [0.717, 1.165) is 0 Å². The average Bonchev–Trinajstić information content (AvgIpc) is 3.06. The van der Waals surface area contributed by atoms with Crippen molar-refractivity contribution in [1.82, 2.24) is 10.2 Å². The highest BCUT2D eigenvalue weighted by molar-refractivity contribution is 5.87. The number of carboxylic acid groups (broad SMARTS) is 1. The van der Waals surface area contributed by atoms with Crippen LogP contribution in [0, 0.1) is 5.92 Å². The first-order chi connectivity index (χ1) is 12.4. The first kappa shape index (κ1) is 19.6. The number of hydrogen-bond donors (Lipinski definition) is 2. The van der Waals surface area contributed by atoms with Crippen molar-refractivity contribution in [3.8, 4) is 5.75 Å². The number of carbonyl (C=O) groups is 3. The largest absolute Gasteiger partial charge is 0.497 e. The van der Waals surface area contributed by atoms with Crippen LogP contribution in [-0.2, 0) is 14.3 Å². The second-order valence-electron chi connectivity index (χ2n) is 6.08. The molecule has 1 heterocycles. The minimum atomic E-state index is -1.15. The maximum absolute atomic E-state index is 12.7. The Labute approximate surface area is 152 Å². The smallest absolute Gasteiger partial charge is 0.326 e. The summed E-state index contributed by atoms with van der Waals surface area (Å²) in [5.41, 5.74) is 0.650. The zero-order valence-corrected chi connectivity index (χ0v) is 15.1. The van der Waals surface area contributed by atoms with Gasteiger partial charge in [0, 0.05) is 6.54 Å². The standard InChI is InChI=1S/C18H24N2O6/c1-4-9-19-18(24)20-14(16(21)22)10-13(17(23)26-3)15(20)11-5-7-12(25-2)8-6-11/h5-8,13-15H,4,9-10H2,1-3H3,(H,19,24)(H,21,22). The lowest BCUT2D eigenvalue weighted by molar-refractivity contribution is -0.146. The van der Waals surface area contributed by atoms with E-state index < -0.39 is 36.0 Å². The van der Waals surface area contributed by atoms with E-state index in [1.807, 2.05) is 6.92 Å². The summed E-state index contributed by atoms with van der Waals surface area (Å²) in [4.78, 5) is 37.9. The van der Waals surface area contributed by atoms with Crippen LogP contribution in [0.25, 0.3) is 0 Å². The number of amides is 2. The fraction of sp³-hybridized carbons (Fsp3) is 0.500. The molecule has 0 radical (unpaired) electrons. The van der Waals surface area contributed by atoms with Crippen molar-refractivity contribution in [2.24, 2.45) is 5.92 Å². The van der Waals surface area contributed by atoms with Gasteiger partial charge in [-0.3, -0.25) is 4.79 Å². The molecule has 3 unspecified atom stereocenters. The highest BCUT2D eigenvalue weighted by Gasteiger charge is 2.51. The van der Waals surface area contributed by atoms with Crippen molar-refractivity contribution in [2.45, 2.75) is 31.8 Å². The lowest BCUT2D eigenvalue weighted by Crippen LogP contribution is -2.47. The topological polar surface area (TPSA) is 105 Å². The Morgan fingerprint density at radius 2 is 1.88 bits per heavy atom. The molecule has 142 valence electrons. The van der Waals surface area contributed by atoms with Crippen molar-refractivity contribution in [2.75, 3.05) is 20.8 Å². The van der Waals surface area contributed by atoms with E-state index in [4.69, 9.17) is 9.47 Å². The van der Waals surface area contributed by atoms with Gasteiger partial charge >= 0.3 is 18.0 Å². The molecule has 2 amide bonds. The van der Waals surface area contributed by atoms with Crippen molar-refractivity contribution < 1.29 is 29.0 Å². The molecule has 0 spiro atoms. The SMILES string of the molecule is CCCNC(=O)N1C(C(=O)O)CC(C(=O)OC)C1c1ccc(OC)cc1. The summed E-state index contributed by atoms with van der Waals surface area (Å²) in [7, 11) is 2.79. The first-order valence-electron chi connectivity index (χ1n) is 8.45. The number of rotatable bonds is 6. The number of nitrogens with zero attached hydrogens (tertiary/aromatic N) is 1. The van der Waals surface area contributed by atoms with E-state index in [9.17, 15) is 19.5 Å². The van der Waals surface area contributed by atoms with Gasteiger partial charge in [-0.1, -0.05) is 19.1 Å². The second kappa shape index (κ2) is 8.55. The molecule has 0 aliphatic carbocycles. The summed E-state index contributed by atoms with van der Waals surface area (Å²) in [5, 5.41) is 12.3. The minimum absolute atomic E-state index is 0.00174. The molecule has 0 aromatic heterocycles. The molecule has 8 nitrogen and oxygen atoms in total. The number of ether oxygens (including phenoxy) is 2. The van der Waals surface area contributed by atoms with Crippen LogP contribution in [0.3, 0.4) is 0 Å². The quantitative estimate of drug-likeness (QED) is 0.746. The molecule has 1 aliphatic heterocycles. The summed E-state index contributed by atoms with van der Waals surface area (Å²) >= 11 is 0. The molecule has 26 heavy (non-hydrogen) atoms. The van der Waals surface area contributed by atoms with Gasteiger partial charge in [-0.05, 0) is 30.5 Å². The molecule has 3 atom stereocenters. The fourth-order valence-corrected chi connectivity index (χ4v) is 3.25. The molecular weight excluding hydrogens is 340 g/mol. The van der Waals surface area contributed by atoms with Crippen LogP contribution in [-0.4, -0.2) is 54.8 Å². The number of urea groups is 1. The van der Waals surface area contributed by atoms with E-state index in [1.54, 1.807) is 24.3 Å². The third kappa shape index (κ3) is 3.89. The molecule has 8 heteroatoms. The Bertz CT molecular complexity index is 660. The van der Waals surface area contributed by atoms with E-state index in [0.29, 0.717) is 24.3 Å². The fourth-order valence-electron chi connectivity index (χ4n) is 3.25. The first-order valence-corrected chi connectivity index (χ1v) is 8.45. The van der Waals surface area contributed by atoms with Gasteiger partial charge in [-0.15, -0.1) is 0 Å². The zero-order chi connectivity index (χ0) is 19.3. The van der Waals surface area contributed by atoms with Crippen LogP contribution < -0.4 is 10.1 Å². The maximum atomic E-state index is 12.7.